The predicted octanol–water partition coefficient (Wildman–Crippen LogP) is 3.69. The minimum Gasteiger partial charge on any atom is -0.490 e. The molecule has 1 aliphatic rings. The Morgan fingerprint density at radius 1 is 1.23 bits per heavy atom. The molecule has 2 heterocycles. The average molecular weight is 353 g/mol. The molecule has 1 saturated heterocycles. The first kappa shape index (κ1) is 16.6. The van der Waals surface area contributed by atoms with Crippen molar-refractivity contribution < 1.29 is 13.9 Å². The lowest BCUT2D eigenvalue weighted by Crippen LogP contribution is -2.42. The monoisotopic (exact) mass is 353 g/mol. The van der Waals surface area contributed by atoms with Gasteiger partial charge in [0.25, 0.3) is 5.91 Å². The van der Waals surface area contributed by atoms with Crippen LogP contribution >= 0.6 is 0 Å². The summed E-state index contributed by atoms with van der Waals surface area (Å²) < 4.78 is 20.3. The number of H-pyrrole nitrogens is 1. The average Bonchev–Trinajstić information content (AvgIpc) is 3.10. The van der Waals surface area contributed by atoms with Crippen LogP contribution in [0.25, 0.3) is 11.0 Å². The molecular weight excluding hydrogens is 333 g/mol. The van der Waals surface area contributed by atoms with Crippen LogP contribution in [0, 0.1) is 12.7 Å². The number of piperidine rings is 1. The van der Waals surface area contributed by atoms with E-state index in [2.05, 4.69) is 9.97 Å². The van der Waals surface area contributed by atoms with Gasteiger partial charge in [-0.05, 0) is 25.1 Å². The Morgan fingerprint density at radius 2 is 1.96 bits per heavy atom. The van der Waals surface area contributed by atoms with Crippen LogP contribution < -0.4 is 4.74 Å². The van der Waals surface area contributed by atoms with Crippen molar-refractivity contribution in [1.82, 2.24) is 14.9 Å². The molecule has 1 fully saturated rings. The van der Waals surface area contributed by atoms with Gasteiger partial charge in [0.05, 0.1) is 22.9 Å². The number of imidazole rings is 1. The number of hydrogen-bond acceptors (Lipinski definition) is 3. The van der Waals surface area contributed by atoms with Crippen LogP contribution in [0.4, 0.5) is 4.39 Å². The minimum absolute atomic E-state index is 0.0698. The van der Waals surface area contributed by atoms with E-state index in [1.54, 1.807) is 4.90 Å². The van der Waals surface area contributed by atoms with Gasteiger partial charge in [0.1, 0.15) is 17.7 Å². The number of ether oxygens (including phenoxy) is 1. The van der Waals surface area contributed by atoms with E-state index in [1.165, 1.54) is 24.0 Å². The maximum atomic E-state index is 14.3. The quantitative estimate of drug-likeness (QED) is 0.781. The summed E-state index contributed by atoms with van der Waals surface area (Å²) in [5.41, 5.74) is 2.44. The molecule has 26 heavy (non-hydrogen) atoms. The summed E-state index contributed by atoms with van der Waals surface area (Å²) in [4.78, 5) is 21.3. The predicted molar refractivity (Wildman–Crippen MR) is 96.8 cm³/mol. The highest BCUT2D eigenvalue weighted by atomic mass is 19.1. The first-order valence-corrected chi connectivity index (χ1v) is 8.75. The summed E-state index contributed by atoms with van der Waals surface area (Å²) in [5.74, 6) is 0.0290. The summed E-state index contributed by atoms with van der Waals surface area (Å²) in [6.07, 6.45) is 3.02. The number of nitrogens with zero attached hydrogens (tertiary/aromatic N) is 2. The molecule has 6 heteroatoms. The molecular formula is C20H20FN3O2. The highest BCUT2D eigenvalue weighted by Gasteiger charge is 2.26. The molecule has 0 radical (unpaired) electrons. The highest BCUT2D eigenvalue weighted by Crippen LogP contribution is 2.23. The molecule has 1 N–H and O–H groups in total. The second-order valence-corrected chi connectivity index (χ2v) is 6.67. The van der Waals surface area contributed by atoms with Gasteiger partial charge in [-0.25, -0.2) is 9.37 Å². The fourth-order valence-electron chi connectivity index (χ4n) is 3.28. The number of aryl methyl sites for hydroxylation is 1. The molecule has 0 atom stereocenters. The number of hydrogen-bond donors (Lipinski definition) is 1. The maximum absolute atomic E-state index is 14.3. The number of aromatic nitrogens is 2. The Kier molecular flexibility index (Phi) is 4.32. The lowest BCUT2D eigenvalue weighted by molar-refractivity contribution is 0.0591. The molecule has 1 aliphatic heterocycles. The van der Waals surface area contributed by atoms with Crippen LogP contribution in [0.2, 0.25) is 0 Å². The maximum Gasteiger partial charge on any atom is 0.256 e. The number of likely N-dealkylation sites (tertiary alicyclic amines) is 1. The second kappa shape index (κ2) is 6.78. The van der Waals surface area contributed by atoms with Gasteiger partial charge in [-0.2, -0.15) is 0 Å². The summed E-state index contributed by atoms with van der Waals surface area (Å²) in [7, 11) is 0. The number of benzene rings is 2. The fourth-order valence-corrected chi connectivity index (χ4v) is 3.28. The third-order valence-electron chi connectivity index (χ3n) is 4.79. The summed E-state index contributed by atoms with van der Waals surface area (Å²) in [6, 6.07) is 10.8. The van der Waals surface area contributed by atoms with Crippen molar-refractivity contribution in [2.75, 3.05) is 13.1 Å². The molecule has 5 nitrogen and oxygen atoms in total. The largest absolute Gasteiger partial charge is 0.490 e. The molecule has 3 aromatic rings. The normalized spacial score (nSPS) is 15.4. The van der Waals surface area contributed by atoms with E-state index < -0.39 is 5.82 Å². The number of halogens is 1. The van der Waals surface area contributed by atoms with Crippen LogP contribution in [0.3, 0.4) is 0 Å². The van der Waals surface area contributed by atoms with Crippen LogP contribution in [-0.4, -0.2) is 40.0 Å². The van der Waals surface area contributed by atoms with Crippen LogP contribution in [0.5, 0.6) is 5.75 Å². The topological polar surface area (TPSA) is 58.2 Å². The summed E-state index contributed by atoms with van der Waals surface area (Å²) in [6.45, 7) is 3.13. The van der Waals surface area contributed by atoms with Crippen molar-refractivity contribution in [2.24, 2.45) is 0 Å². The minimum atomic E-state index is -0.523. The van der Waals surface area contributed by atoms with Crippen molar-refractivity contribution in [3.63, 3.8) is 0 Å². The van der Waals surface area contributed by atoms with E-state index in [0.717, 1.165) is 18.6 Å². The third kappa shape index (κ3) is 3.27. The zero-order chi connectivity index (χ0) is 18.1. The van der Waals surface area contributed by atoms with Gasteiger partial charge in [-0.3, -0.25) is 4.79 Å². The molecule has 2 aromatic carbocycles. The molecule has 0 aliphatic carbocycles. The fraction of sp³-hybridized carbons (Fsp3) is 0.300. The molecule has 4 rings (SSSR count). The first-order chi connectivity index (χ1) is 12.6. The number of fused-ring (bicyclic) bond motifs is 1. The van der Waals surface area contributed by atoms with E-state index in [4.69, 9.17) is 4.74 Å². The Hall–Kier alpha value is -2.89. The number of aromatic amines is 1. The lowest BCUT2D eigenvalue weighted by atomic mass is 10.1. The molecule has 1 amide bonds. The van der Waals surface area contributed by atoms with E-state index in [1.807, 2.05) is 31.2 Å². The van der Waals surface area contributed by atoms with Gasteiger partial charge in [0.15, 0.2) is 0 Å². The van der Waals surface area contributed by atoms with E-state index in [9.17, 15) is 9.18 Å². The van der Waals surface area contributed by atoms with E-state index in [-0.39, 0.29) is 17.6 Å². The number of rotatable bonds is 3. The third-order valence-corrected chi connectivity index (χ3v) is 4.79. The van der Waals surface area contributed by atoms with Gasteiger partial charge in [-0.1, -0.05) is 17.7 Å². The Morgan fingerprint density at radius 3 is 2.69 bits per heavy atom. The van der Waals surface area contributed by atoms with E-state index in [0.29, 0.717) is 24.1 Å². The standard InChI is InChI=1S/C20H20FN3O2/c1-13-2-4-14(5-3-13)26-15-6-8-24(9-7-15)20(25)16-10-18-19(11-17(16)21)23-12-22-18/h2-5,10-12,15H,6-9H2,1H3,(H,22,23). The Bertz CT molecular complexity index is 928. The van der Waals surface area contributed by atoms with Gasteiger partial charge >= 0.3 is 0 Å². The first-order valence-electron chi connectivity index (χ1n) is 8.75. The molecule has 134 valence electrons. The van der Waals surface area contributed by atoms with Crippen LogP contribution in [0.1, 0.15) is 28.8 Å². The SMILES string of the molecule is Cc1ccc(OC2CCN(C(=O)c3cc4nc[nH]c4cc3F)CC2)cc1. The number of amides is 1. The van der Waals surface area contributed by atoms with Gasteiger partial charge in [-0.15, -0.1) is 0 Å². The van der Waals surface area contributed by atoms with Gasteiger partial charge < -0.3 is 14.6 Å². The van der Waals surface area contributed by atoms with Crippen molar-refractivity contribution in [2.45, 2.75) is 25.9 Å². The van der Waals surface area contributed by atoms with Crippen LogP contribution in [0.15, 0.2) is 42.7 Å². The Balaban J connectivity index is 1.41. The lowest BCUT2D eigenvalue weighted by Gasteiger charge is -2.32. The van der Waals surface area contributed by atoms with Crippen molar-refractivity contribution in [1.29, 1.82) is 0 Å². The van der Waals surface area contributed by atoms with Crippen molar-refractivity contribution in [3.05, 3.63) is 59.7 Å². The smallest absolute Gasteiger partial charge is 0.256 e. The Labute approximate surface area is 150 Å². The van der Waals surface area contributed by atoms with Crippen molar-refractivity contribution >= 4 is 16.9 Å². The molecule has 0 spiro atoms. The molecule has 1 aromatic heterocycles. The summed E-state index contributed by atoms with van der Waals surface area (Å²) >= 11 is 0. The van der Waals surface area contributed by atoms with Gasteiger partial charge in [0, 0.05) is 32.0 Å². The van der Waals surface area contributed by atoms with E-state index >= 15 is 0 Å². The summed E-state index contributed by atoms with van der Waals surface area (Å²) in [5, 5.41) is 0. The molecule has 0 unspecified atom stereocenters. The number of carbonyl (C=O) groups excluding carboxylic acids is 1. The zero-order valence-electron chi connectivity index (χ0n) is 14.5. The second-order valence-electron chi connectivity index (χ2n) is 6.67. The molecule has 0 saturated carbocycles. The number of nitrogens with one attached hydrogen (secondary N) is 1. The number of carbonyl (C=O) groups is 1. The van der Waals surface area contributed by atoms with Gasteiger partial charge in [0.2, 0.25) is 0 Å². The highest BCUT2D eigenvalue weighted by molar-refractivity contribution is 5.97. The van der Waals surface area contributed by atoms with Crippen LogP contribution in [-0.2, 0) is 0 Å². The molecule has 0 bridgehead atoms. The zero-order valence-corrected chi connectivity index (χ0v) is 14.5. The van der Waals surface area contributed by atoms with Crippen molar-refractivity contribution in [3.8, 4) is 5.75 Å².